The van der Waals surface area contributed by atoms with Gasteiger partial charge in [-0.1, -0.05) is 46.3 Å². The van der Waals surface area contributed by atoms with Crippen LogP contribution in [0.5, 0.6) is 0 Å². The van der Waals surface area contributed by atoms with Crippen LogP contribution in [-0.2, 0) is 23.8 Å². The van der Waals surface area contributed by atoms with Crippen LogP contribution >= 0.6 is 0 Å². The fraction of sp³-hybridized carbons (Fsp3) is 0.905. The average molecular weight is 793 g/mol. The second-order valence-corrected chi connectivity index (χ2v) is 21.0. The highest BCUT2D eigenvalue weighted by atomic mass is 16.6. The lowest BCUT2D eigenvalue weighted by Crippen LogP contribution is -2.76. The largest absolute Gasteiger partial charge is 0.479 e. The zero-order chi connectivity index (χ0) is 40.9. The van der Waals surface area contributed by atoms with Crippen molar-refractivity contribution < 1.29 is 69.8 Å². The molecule has 3 saturated heterocycles. The van der Waals surface area contributed by atoms with Gasteiger partial charge in [-0.05, 0) is 111 Å². The second kappa shape index (κ2) is 13.1. The minimum Gasteiger partial charge on any atom is -0.479 e. The number of aliphatic hydroxyl groups excluding tert-OH is 7. The molecule has 3 heterocycles. The Morgan fingerprint density at radius 1 is 0.696 bits per heavy atom. The molecule has 9 N–H and O–H groups in total. The molecule has 5 aliphatic carbocycles. The fourth-order valence-corrected chi connectivity index (χ4v) is 14.8. The van der Waals surface area contributed by atoms with Crippen molar-refractivity contribution in [3.63, 3.8) is 0 Å². The molecule has 8 rings (SSSR count). The summed E-state index contributed by atoms with van der Waals surface area (Å²) in [7, 11) is 0. The summed E-state index contributed by atoms with van der Waals surface area (Å²) in [5.74, 6) is -2.54. The van der Waals surface area contributed by atoms with E-state index in [4.69, 9.17) is 14.2 Å². The molecule has 21 atom stereocenters. The van der Waals surface area contributed by atoms with Gasteiger partial charge in [0.15, 0.2) is 12.2 Å². The molecule has 8 aliphatic rings. The summed E-state index contributed by atoms with van der Waals surface area (Å²) in [4.78, 5) is 23.9. The van der Waals surface area contributed by atoms with Gasteiger partial charge in [-0.3, -0.25) is 0 Å². The third-order valence-electron chi connectivity index (χ3n) is 18.2. The summed E-state index contributed by atoms with van der Waals surface area (Å²) >= 11 is 0. The van der Waals surface area contributed by atoms with Gasteiger partial charge in [0.1, 0.15) is 48.8 Å². The summed E-state index contributed by atoms with van der Waals surface area (Å²) in [6, 6.07) is 0. The van der Waals surface area contributed by atoms with E-state index in [1.807, 2.05) is 0 Å². The second-order valence-electron chi connectivity index (χ2n) is 21.0. The number of ether oxygens (including phenoxy) is 3. The summed E-state index contributed by atoms with van der Waals surface area (Å²) in [6.07, 6.45) is -7.69. The van der Waals surface area contributed by atoms with Crippen LogP contribution in [0.15, 0.2) is 11.6 Å². The number of hydrogen-bond acceptors (Lipinski definition) is 12. The van der Waals surface area contributed by atoms with Gasteiger partial charge in [-0.2, -0.15) is 0 Å². The van der Waals surface area contributed by atoms with Gasteiger partial charge in [0.05, 0.1) is 17.8 Å². The first-order valence-electron chi connectivity index (χ1n) is 20.9. The summed E-state index contributed by atoms with van der Waals surface area (Å²) in [5.41, 5.74) is -0.507. The maximum absolute atomic E-state index is 12.4. The molecular weight excluding hydrogens is 728 g/mol. The molecule has 56 heavy (non-hydrogen) atoms. The van der Waals surface area contributed by atoms with Gasteiger partial charge in [-0.25, -0.2) is 9.59 Å². The standard InChI is InChI=1S/C42H64O14/c1-37(2)13-15-42(34(49)31-26(46)24(44)28(48)33(55-31)36(52)53)16-14-39(4)18(20(42)17-37)7-8-21-38(3)11-9-19-29(56-41(19,6)22(38)10-12-40(21,39)5)30-25(45)23(43)27(47)32(54-30)35(50)51/h7,19-34,43-49H,8-17H2,1-6H3,(H,50,51)(H,52,53)/t19-,20?,21?,22?,23?,24?,25?,26?,27+,28+,29-,30-,31-,32?,33?,34?,38-,39-,40-,41-,42+/m1/s1. The minimum absolute atomic E-state index is 0.0364. The average Bonchev–Trinajstić information content (AvgIpc) is 3.11. The van der Waals surface area contributed by atoms with Crippen LogP contribution in [0.3, 0.4) is 0 Å². The van der Waals surface area contributed by atoms with E-state index >= 15 is 0 Å². The Bertz CT molecular complexity index is 1640. The normalized spacial score (nSPS) is 56.7. The van der Waals surface area contributed by atoms with E-state index in [2.05, 4.69) is 47.6 Å². The smallest absolute Gasteiger partial charge is 0.335 e. The van der Waals surface area contributed by atoms with Crippen molar-refractivity contribution in [3.05, 3.63) is 11.6 Å². The number of carboxylic acids is 2. The predicted molar refractivity (Wildman–Crippen MR) is 197 cm³/mol. The molecule has 0 spiro atoms. The lowest BCUT2D eigenvalue weighted by atomic mass is 9.33. The molecule has 0 radical (unpaired) electrons. The van der Waals surface area contributed by atoms with Gasteiger partial charge in [0.25, 0.3) is 0 Å². The molecule has 10 unspecified atom stereocenters. The summed E-state index contributed by atoms with van der Waals surface area (Å²) < 4.78 is 18.3. The van der Waals surface area contributed by atoms with Crippen molar-refractivity contribution in [1.29, 1.82) is 0 Å². The van der Waals surface area contributed by atoms with Gasteiger partial charge in [0, 0.05) is 11.3 Å². The van der Waals surface area contributed by atoms with Crippen LogP contribution in [0.1, 0.15) is 106 Å². The Hall–Kier alpha value is -1.72. The van der Waals surface area contributed by atoms with Crippen LogP contribution in [-0.4, -0.2) is 137 Å². The maximum atomic E-state index is 12.4. The highest BCUT2D eigenvalue weighted by molar-refractivity contribution is 5.74. The lowest BCUT2D eigenvalue weighted by Gasteiger charge is -2.74. The van der Waals surface area contributed by atoms with Crippen LogP contribution in [0, 0.1) is 50.7 Å². The van der Waals surface area contributed by atoms with E-state index < -0.39 is 96.2 Å². The van der Waals surface area contributed by atoms with Crippen LogP contribution in [0.2, 0.25) is 0 Å². The zero-order valence-corrected chi connectivity index (χ0v) is 33.5. The van der Waals surface area contributed by atoms with Crippen LogP contribution in [0.4, 0.5) is 0 Å². The van der Waals surface area contributed by atoms with Crippen molar-refractivity contribution in [2.24, 2.45) is 50.7 Å². The Kier molecular flexibility index (Phi) is 9.63. The SMILES string of the molecule is CC1(C)CC[C@]2(C(O)[C@@H]3OC(C(=O)O)[C@@H](O)C(O)C3O)CC[C@]3(C)C(=CCC4[C@@]5(C)CC[C@@H]6[C@H]([C@@H]7OC(C(=O)O)[C@@H](O)C(O)C7O)O[C@@]6(C)C5CC[C@]43C)C2C1. The summed E-state index contributed by atoms with van der Waals surface area (Å²) in [6.45, 7) is 13.9. The van der Waals surface area contributed by atoms with Gasteiger partial charge in [0.2, 0.25) is 0 Å². The first-order valence-corrected chi connectivity index (χ1v) is 20.9. The van der Waals surface area contributed by atoms with Crippen LogP contribution < -0.4 is 0 Å². The molecule has 14 heteroatoms. The van der Waals surface area contributed by atoms with Crippen molar-refractivity contribution in [2.45, 2.75) is 185 Å². The number of carbonyl (C=O) groups is 2. The molecular formula is C42H64O14. The highest BCUT2D eigenvalue weighted by Crippen LogP contribution is 2.77. The van der Waals surface area contributed by atoms with E-state index in [1.54, 1.807) is 0 Å². The Balaban J connectivity index is 1.09. The van der Waals surface area contributed by atoms with Crippen molar-refractivity contribution in [3.8, 4) is 0 Å². The number of rotatable bonds is 5. The van der Waals surface area contributed by atoms with E-state index in [0.29, 0.717) is 18.8 Å². The van der Waals surface area contributed by atoms with E-state index in [-0.39, 0.29) is 39.4 Å². The molecule has 0 amide bonds. The van der Waals surface area contributed by atoms with E-state index in [9.17, 15) is 55.5 Å². The molecule has 4 saturated carbocycles. The fourth-order valence-electron chi connectivity index (χ4n) is 14.8. The molecule has 14 nitrogen and oxygen atoms in total. The molecule has 7 fully saturated rings. The molecule has 3 aliphatic heterocycles. The van der Waals surface area contributed by atoms with Gasteiger partial charge >= 0.3 is 11.9 Å². The Morgan fingerprint density at radius 2 is 1.30 bits per heavy atom. The third-order valence-corrected chi connectivity index (χ3v) is 18.2. The highest BCUT2D eigenvalue weighted by Gasteiger charge is 2.74. The first kappa shape index (κ1) is 41.0. The number of aliphatic hydroxyl groups is 7. The molecule has 0 aromatic heterocycles. The van der Waals surface area contributed by atoms with Gasteiger partial charge < -0.3 is 60.2 Å². The minimum atomic E-state index is -1.83. The first-order chi connectivity index (χ1) is 26.0. The maximum Gasteiger partial charge on any atom is 0.335 e. The predicted octanol–water partition coefficient (Wildman–Crippen LogP) is 1.77. The molecule has 0 aromatic rings. The van der Waals surface area contributed by atoms with Crippen molar-refractivity contribution in [2.75, 3.05) is 0 Å². The lowest BCUT2D eigenvalue weighted by molar-refractivity contribution is -0.372. The number of carboxylic acid groups (broad SMARTS) is 2. The number of aliphatic carboxylic acids is 2. The number of fused-ring (bicyclic) bond motifs is 9. The number of allylic oxidation sites excluding steroid dienone is 2. The summed E-state index contributed by atoms with van der Waals surface area (Å²) in [5, 5.41) is 96.0. The monoisotopic (exact) mass is 792 g/mol. The van der Waals surface area contributed by atoms with E-state index in [0.717, 1.165) is 51.4 Å². The van der Waals surface area contributed by atoms with Crippen molar-refractivity contribution >= 4 is 11.9 Å². The van der Waals surface area contributed by atoms with Crippen LogP contribution in [0.25, 0.3) is 0 Å². The topological polar surface area (TPSA) is 244 Å². The van der Waals surface area contributed by atoms with Crippen molar-refractivity contribution in [1.82, 2.24) is 0 Å². The molecule has 0 aromatic carbocycles. The zero-order valence-electron chi connectivity index (χ0n) is 33.5. The Labute approximate surface area is 328 Å². The van der Waals surface area contributed by atoms with Gasteiger partial charge in [-0.15, -0.1) is 0 Å². The number of hydrogen-bond donors (Lipinski definition) is 9. The van der Waals surface area contributed by atoms with E-state index in [1.165, 1.54) is 5.57 Å². The third kappa shape index (κ3) is 5.35. The molecule has 0 bridgehead atoms. The quantitative estimate of drug-likeness (QED) is 0.180. The Morgan fingerprint density at radius 3 is 1.95 bits per heavy atom. The molecule has 316 valence electrons.